The molecule has 52 heavy (non-hydrogen) atoms. The van der Waals surface area contributed by atoms with E-state index < -0.39 is 17.8 Å². The van der Waals surface area contributed by atoms with E-state index in [1.54, 1.807) is 44.2 Å². The van der Waals surface area contributed by atoms with Gasteiger partial charge in [-0.3, -0.25) is 9.59 Å². The summed E-state index contributed by atoms with van der Waals surface area (Å²) < 4.78 is 18.0. The first kappa shape index (κ1) is 35.0. The van der Waals surface area contributed by atoms with Crippen molar-refractivity contribution >= 4 is 45.6 Å². The summed E-state index contributed by atoms with van der Waals surface area (Å²) in [5.41, 5.74) is 9.65. The average Bonchev–Trinajstić information content (AvgIpc) is 3.14. The fourth-order valence-electron chi connectivity index (χ4n) is 5.41. The summed E-state index contributed by atoms with van der Waals surface area (Å²) in [5, 5.41) is 17.4. The smallest absolute Gasteiger partial charge is 0.335 e. The van der Waals surface area contributed by atoms with Gasteiger partial charge >= 0.3 is 5.97 Å². The van der Waals surface area contributed by atoms with Gasteiger partial charge in [-0.2, -0.15) is 0 Å². The van der Waals surface area contributed by atoms with Crippen LogP contribution in [-0.4, -0.2) is 29.0 Å². The minimum absolute atomic E-state index is 0.0232. The van der Waals surface area contributed by atoms with E-state index in [2.05, 4.69) is 16.7 Å². The third kappa shape index (κ3) is 8.67. The van der Waals surface area contributed by atoms with E-state index in [9.17, 15) is 19.5 Å². The van der Waals surface area contributed by atoms with Gasteiger partial charge in [-0.25, -0.2) is 4.79 Å². The molecule has 0 unspecified atom stereocenters. The lowest BCUT2D eigenvalue weighted by atomic mass is 10.1. The van der Waals surface area contributed by atoms with Gasteiger partial charge in [-0.15, -0.1) is 0 Å². The fraction of sp³-hybridized carbons (Fsp3) is 0.119. The van der Waals surface area contributed by atoms with Crippen LogP contribution >= 0.6 is 0 Å². The lowest BCUT2D eigenvalue weighted by Crippen LogP contribution is -2.16. The normalized spacial score (nSPS) is 10.8. The minimum Gasteiger partial charge on any atom is -0.489 e. The number of hydrogen-bond acceptors (Lipinski definition) is 7. The number of carboxylic acids is 1. The number of anilines is 3. The van der Waals surface area contributed by atoms with Gasteiger partial charge in [-0.05, 0) is 96.4 Å². The predicted octanol–water partition coefficient (Wildman–Crippen LogP) is 8.57. The zero-order chi connectivity index (χ0) is 36.6. The van der Waals surface area contributed by atoms with Crippen molar-refractivity contribution in [2.45, 2.75) is 33.2 Å². The molecule has 2 amide bonds. The maximum atomic E-state index is 13.6. The highest BCUT2D eigenvalue weighted by Gasteiger charge is 2.18. The van der Waals surface area contributed by atoms with Crippen LogP contribution in [0.15, 0.2) is 127 Å². The molecule has 0 aliphatic carbocycles. The van der Waals surface area contributed by atoms with E-state index in [0.29, 0.717) is 28.4 Å². The highest BCUT2D eigenvalue weighted by molar-refractivity contribution is 6.08. The molecule has 262 valence electrons. The number of aromatic carboxylic acids is 1. The van der Waals surface area contributed by atoms with Gasteiger partial charge in [0.15, 0.2) is 0 Å². The molecule has 0 fully saturated rings. The van der Waals surface area contributed by atoms with Crippen molar-refractivity contribution in [1.29, 1.82) is 0 Å². The quantitative estimate of drug-likeness (QED) is 0.0878. The molecule has 10 nitrogen and oxygen atoms in total. The zero-order valence-electron chi connectivity index (χ0n) is 28.6. The standard InChI is InChI=1S/C42H37N3O7/c1-26(2)52-39-23-33(42(48)49)16-19-36(39)45-41(47)32-15-18-35(38(22-32)51-24-27-8-4-3-5-9-27)44-40(46)31-14-17-34(43)37(21-31)50-25-28-12-13-29-10-6-7-11-30(29)20-28/h3-23,26H,24-25,43H2,1-2H3,(H,44,46)(H,45,47)(H,48,49). The van der Waals surface area contributed by atoms with Crippen molar-refractivity contribution < 1.29 is 33.7 Å². The second-order valence-electron chi connectivity index (χ2n) is 12.3. The molecule has 0 atom stereocenters. The van der Waals surface area contributed by atoms with Crippen LogP contribution in [-0.2, 0) is 13.2 Å². The highest BCUT2D eigenvalue weighted by Crippen LogP contribution is 2.32. The maximum absolute atomic E-state index is 13.6. The monoisotopic (exact) mass is 695 g/mol. The Morgan fingerprint density at radius 2 is 1.15 bits per heavy atom. The van der Waals surface area contributed by atoms with Crippen molar-refractivity contribution in [3.8, 4) is 17.2 Å². The summed E-state index contributed by atoms with van der Waals surface area (Å²) in [6.07, 6.45) is -0.270. The van der Waals surface area contributed by atoms with Gasteiger partial charge in [0.2, 0.25) is 0 Å². The number of benzene rings is 6. The second kappa shape index (κ2) is 15.8. The number of rotatable bonds is 13. The number of nitrogens with one attached hydrogen (secondary N) is 2. The topological polar surface area (TPSA) is 149 Å². The van der Waals surface area contributed by atoms with Crippen molar-refractivity contribution in [2.75, 3.05) is 16.4 Å². The molecule has 0 bridgehead atoms. The molecule has 0 spiro atoms. The Labute approximate surface area is 300 Å². The fourth-order valence-corrected chi connectivity index (χ4v) is 5.41. The zero-order valence-corrected chi connectivity index (χ0v) is 28.6. The Morgan fingerprint density at radius 1 is 0.596 bits per heavy atom. The number of hydrogen-bond donors (Lipinski definition) is 4. The summed E-state index contributed by atoms with van der Waals surface area (Å²) in [5.74, 6) is -1.21. The molecule has 10 heteroatoms. The van der Waals surface area contributed by atoms with Crippen LogP contribution in [0.2, 0.25) is 0 Å². The van der Waals surface area contributed by atoms with Crippen molar-refractivity contribution in [1.82, 2.24) is 0 Å². The lowest BCUT2D eigenvalue weighted by Gasteiger charge is -2.17. The van der Waals surface area contributed by atoms with E-state index in [-0.39, 0.29) is 41.9 Å². The van der Waals surface area contributed by atoms with E-state index >= 15 is 0 Å². The number of fused-ring (bicyclic) bond motifs is 1. The molecule has 6 aromatic carbocycles. The molecule has 6 aromatic rings. The van der Waals surface area contributed by atoms with Crippen LogP contribution in [0.3, 0.4) is 0 Å². The maximum Gasteiger partial charge on any atom is 0.335 e. The lowest BCUT2D eigenvalue weighted by molar-refractivity contribution is 0.0695. The van der Waals surface area contributed by atoms with Crippen LogP contribution < -0.4 is 30.6 Å². The summed E-state index contributed by atoms with van der Waals surface area (Å²) in [6.45, 7) is 4.03. The highest BCUT2D eigenvalue weighted by atomic mass is 16.5. The first-order valence-electron chi connectivity index (χ1n) is 16.6. The average molecular weight is 696 g/mol. The summed E-state index contributed by atoms with van der Waals surface area (Å²) in [7, 11) is 0. The number of ether oxygens (including phenoxy) is 3. The van der Waals surface area contributed by atoms with Crippen molar-refractivity contribution in [2.24, 2.45) is 0 Å². The van der Waals surface area contributed by atoms with E-state index in [0.717, 1.165) is 21.9 Å². The third-order valence-corrected chi connectivity index (χ3v) is 8.05. The van der Waals surface area contributed by atoms with Gasteiger partial charge in [0.1, 0.15) is 30.5 Å². The van der Waals surface area contributed by atoms with Crippen LogP contribution in [0.4, 0.5) is 17.1 Å². The molecule has 0 saturated carbocycles. The van der Waals surface area contributed by atoms with E-state index in [4.69, 9.17) is 19.9 Å². The third-order valence-electron chi connectivity index (χ3n) is 8.05. The van der Waals surface area contributed by atoms with Gasteiger partial charge in [-0.1, -0.05) is 66.7 Å². The molecule has 5 N–H and O–H groups in total. The molecule has 0 aromatic heterocycles. The van der Waals surface area contributed by atoms with Crippen molar-refractivity contribution in [3.05, 3.63) is 155 Å². The van der Waals surface area contributed by atoms with Gasteiger partial charge in [0.25, 0.3) is 11.8 Å². The Bertz CT molecular complexity index is 2250. The summed E-state index contributed by atoms with van der Waals surface area (Å²) in [4.78, 5) is 38.6. The van der Waals surface area contributed by atoms with Gasteiger partial charge in [0.05, 0.1) is 28.7 Å². The molecule has 0 radical (unpaired) electrons. The molecular formula is C42H37N3O7. The Morgan fingerprint density at radius 3 is 1.85 bits per heavy atom. The van der Waals surface area contributed by atoms with E-state index in [1.165, 1.54) is 24.3 Å². The largest absolute Gasteiger partial charge is 0.489 e. The molecule has 0 heterocycles. The Kier molecular flexibility index (Phi) is 10.7. The van der Waals surface area contributed by atoms with Crippen LogP contribution in [0.1, 0.15) is 56.0 Å². The SMILES string of the molecule is CC(C)Oc1cc(C(=O)O)ccc1NC(=O)c1ccc(NC(=O)c2ccc(N)c(OCc3ccc4ccccc4c3)c2)c(OCc2ccccc2)c1. The predicted molar refractivity (Wildman–Crippen MR) is 201 cm³/mol. The first-order chi connectivity index (χ1) is 25.1. The number of carbonyl (C=O) groups excluding carboxylic acids is 2. The van der Waals surface area contributed by atoms with Crippen LogP contribution in [0.5, 0.6) is 17.2 Å². The molecule has 0 aliphatic rings. The van der Waals surface area contributed by atoms with Crippen LogP contribution in [0.25, 0.3) is 10.8 Å². The Hall–Kier alpha value is -6.81. The number of carbonyl (C=O) groups is 3. The number of carboxylic acid groups (broad SMARTS) is 1. The number of amides is 2. The summed E-state index contributed by atoms with van der Waals surface area (Å²) >= 11 is 0. The number of nitrogen functional groups attached to an aromatic ring is 1. The first-order valence-corrected chi connectivity index (χ1v) is 16.6. The van der Waals surface area contributed by atoms with Crippen LogP contribution in [0, 0.1) is 0 Å². The molecule has 0 aliphatic heterocycles. The van der Waals surface area contributed by atoms with E-state index in [1.807, 2.05) is 66.7 Å². The van der Waals surface area contributed by atoms with Gasteiger partial charge < -0.3 is 35.7 Å². The number of nitrogens with two attached hydrogens (primary N) is 1. The molecule has 0 saturated heterocycles. The Balaban J connectivity index is 1.22. The molecule has 6 rings (SSSR count). The second-order valence-corrected chi connectivity index (χ2v) is 12.3. The summed E-state index contributed by atoms with van der Waals surface area (Å²) in [6, 6.07) is 37.3. The minimum atomic E-state index is -1.12. The van der Waals surface area contributed by atoms with Gasteiger partial charge in [0, 0.05) is 11.1 Å². The van der Waals surface area contributed by atoms with Crippen molar-refractivity contribution in [3.63, 3.8) is 0 Å². The molecular weight excluding hydrogens is 658 g/mol.